The summed E-state index contributed by atoms with van der Waals surface area (Å²) in [5, 5.41) is 11.3. The summed E-state index contributed by atoms with van der Waals surface area (Å²) >= 11 is 0. The summed E-state index contributed by atoms with van der Waals surface area (Å²) in [6.45, 7) is 1.86. The minimum absolute atomic E-state index is 0.372. The number of nitrogens with zero attached hydrogens (tertiary/aromatic N) is 3. The van der Waals surface area contributed by atoms with Gasteiger partial charge >= 0.3 is 5.51 Å². The van der Waals surface area contributed by atoms with Crippen LogP contribution in [0, 0.1) is 10.1 Å². The molecule has 1 saturated heterocycles. The fraction of sp³-hybridized carbons (Fsp3) is 0.316. The molecule has 32 heavy (non-hydrogen) atoms. The molecule has 8 nitrogen and oxygen atoms in total. The molecule has 2 aromatic carbocycles. The second-order valence-corrected chi connectivity index (χ2v) is 9.69. The highest BCUT2D eigenvalue weighted by Crippen LogP contribution is 2.31. The van der Waals surface area contributed by atoms with E-state index in [9.17, 15) is 36.5 Å². The van der Waals surface area contributed by atoms with Crippen molar-refractivity contribution < 1.29 is 31.3 Å². The van der Waals surface area contributed by atoms with Gasteiger partial charge in [0.05, 0.1) is 20.6 Å². The van der Waals surface area contributed by atoms with Gasteiger partial charge in [0.25, 0.3) is 5.69 Å². The van der Waals surface area contributed by atoms with Gasteiger partial charge in [-0.05, 0) is 24.3 Å². The third-order valence-corrected chi connectivity index (χ3v) is 7.25. The van der Waals surface area contributed by atoms with Crippen LogP contribution in [0.25, 0.3) is 0 Å². The Hall–Kier alpha value is -2.80. The number of rotatable bonds is 6. The summed E-state index contributed by atoms with van der Waals surface area (Å²) < 4.78 is 62.1. The molecule has 2 aromatic rings. The Bertz CT molecular complexity index is 1060. The minimum atomic E-state index is -5.09. The van der Waals surface area contributed by atoms with Crippen molar-refractivity contribution in [1.29, 1.82) is 0 Å². The third kappa shape index (κ3) is 5.51. The van der Waals surface area contributed by atoms with Gasteiger partial charge in [-0.1, -0.05) is 18.2 Å². The molecule has 2 unspecified atom stereocenters. The van der Waals surface area contributed by atoms with Gasteiger partial charge in [0.15, 0.2) is 10.8 Å². The first-order chi connectivity index (χ1) is 15.1. The summed E-state index contributed by atoms with van der Waals surface area (Å²) in [4.78, 5) is 25.2. The summed E-state index contributed by atoms with van der Waals surface area (Å²) in [6.07, 6.45) is 0. The number of nitro groups is 1. The Labute approximate surface area is 186 Å². The van der Waals surface area contributed by atoms with Gasteiger partial charge in [0.1, 0.15) is 10.6 Å². The predicted molar refractivity (Wildman–Crippen MR) is 112 cm³/mol. The highest BCUT2D eigenvalue weighted by molar-refractivity contribution is 7.86. The van der Waals surface area contributed by atoms with Crippen molar-refractivity contribution in [3.8, 4) is 0 Å². The minimum Gasteiger partial charge on any atom is -0.368 e. The normalized spacial score (nSPS) is 16.5. The zero-order valence-corrected chi connectivity index (χ0v) is 18.1. The molecule has 1 fully saturated rings. The second kappa shape index (κ2) is 9.77. The molecular formula is C19H18F3N3O5S2. The molecule has 3 rings (SSSR count). The molecule has 0 aromatic heterocycles. The fourth-order valence-corrected chi connectivity index (χ4v) is 5.04. The summed E-state index contributed by atoms with van der Waals surface area (Å²) in [5.74, 6) is -1.03. The van der Waals surface area contributed by atoms with E-state index in [1.54, 1.807) is 0 Å². The van der Waals surface area contributed by atoms with E-state index in [-0.39, 0.29) is 0 Å². The molecule has 0 saturated carbocycles. The number of carbonyl (C=O) groups excluding carboxylic acids is 1. The molecule has 1 aliphatic rings. The van der Waals surface area contributed by atoms with Crippen LogP contribution < -0.4 is 4.90 Å². The lowest BCUT2D eigenvalue weighted by Crippen LogP contribution is -2.49. The van der Waals surface area contributed by atoms with Crippen LogP contribution >= 0.6 is 0 Å². The van der Waals surface area contributed by atoms with Crippen molar-refractivity contribution >= 4 is 38.9 Å². The lowest BCUT2D eigenvalue weighted by Gasteiger charge is -2.36. The van der Waals surface area contributed by atoms with Crippen molar-refractivity contribution in [3.63, 3.8) is 0 Å². The predicted octanol–water partition coefficient (Wildman–Crippen LogP) is 2.68. The topological polar surface area (TPSA) is 101 Å². The molecule has 0 spiro atoms. The van der Waals surface area contributed by atoms with Gasteiger partial charge in [-0.3, -0.25) is 19.1 Å². The molecule has 0 bridgehead atoms. The Morgan fingerprint density at radius 2 is 1.66 bits per heavy atom. The Morgan fingerprint density at radius 1 is 1.03 bits per heavy atom. The van der Waals surface area contributed by atoms with Gasteiger partial charge < -0.3 is 9.80 Å². The van der Waals surface area contributed by atoms with E-state index in [1.165, 1.54) is 4.90 Å². The van der Waals surface area contributed by atoms with E-state index >= 15 is 0 Å². The standard InChI is InChI=1S/C19H18F3N3O5S2/c20-19(21,22)32(30)15-6-7-17(16(12-15)25(27)28)31(29)13-18(26)24-10-8-23(9-11-24)14-4-2-1-3-5-14/h1-7,12H,8-11,13H2. The second-order valence-electron chi connectivity index (χ2n) is 6.79. The molecule has 1 amide bonds. The van der Waals surface area contributed by atoms with Gasteiger partial charge in [-0.25, -0.2) is 4.21 Å². The van der Waals surface area contributed by atoms with Crippen LogP contribution in [0.15, 0.2) is 58.3 Å². The number of hydrogen-bond acceptors (Lipinski definition) is 6. The molecule has 1 aliphatic heterocycles. The maximum Gasteiger partial charge on any atom is 0.475 e. The van der Waals surface area contributed by atoms with Crippen LogP contribution in [-0.2, 0) is 26.4 Å². The quantitative estimate of drug-likeness (QED) is 0.457. The first kappa shape index (κ1) is 23.9. The number of benzene rings is 2. The molecule has 13 heteroatoms. The first-order valence-corrected chi connectivity index (χ1v) is 11.8. The molecular weight excluding hydrogens is 471 g/mol. The lowest BCUT2D eigenvalue weighted by atomic mass is 10.2. The number of hydrogen-bond donors (Lipinski definition) is 0. The highest BCUT2D eigenvalue weighted by Gasteiger charge is 2.39. The van der Waals surface area contributed by atoms with Gasteiger partial charge in [0, 0.05) is 37.9 Å². The van der Waals surface area contributed by atoms with E-state index in [1.807, 2.05) is 30.3 Å². The Balaban J connectivity index is 1.68. The number of para-hydroxylation sites is 1. The highest BCUT2D eigenvalue weighted by atomic mass is 32.2. The summed E-state index contributed by atoms with van der Waals surface area (Å²) in [5.41, 5.74) is -4.96. The average molecular weight is 489 g/mol. The lowest BCUT2D eigenvalue weighted by molar-refractivity contribution is -0.388. The van der Waals surface area contributed by atoms with E-state index in [0.29, 0.717) is 32.2 Å². The Kier molecular flexibility index (Phi) is 7.29. The van der Waals surface area contributed by atoms with Crippen LogP contribution in [0.1, 0.15) is 0 Å². The van der Waals surface area contributed by atoms with E-state index in [0.717, 1.165) is 17.8 Å². The summed E-state index contributed by atoms with van der Waals surface area (Å²) in [6, 6.07) is 11.7. The van der Waals surface area contributed by atoms with Crippen LogP contribution in [0.3, 0.4) is 0 Å². The number of nitro benzene ring substituents is 1. The fourth-order valence-electron chi connectivity index (χ4n) is 3.22. The number of amides is 1. The van der Waals surface area contributed by atoms with Crippen LogP contribution in [0.2, 0.25) is 0 Å². The van der Waals surface area contributed by atoms with Crippen molar-refractivity contribution in [2.45, 2.75) is 15.3 Å². The SMILES string of the molecule is O=C(CS(=O)c1ccc(S(=O)C(F)(F)F)cc1[N+](=O)[O-])N1CCN(c2ccccc2)CC1. The monoisotopic (exact) mass is 489 g/mol. The number of alkyl halides is 3. The third-order valence-electron chi connectivity index (χ3n) is 4.80. The van der Waals surface area contributed by atoms with Gasteiger partial charge in [0.2, 0.25) is 5.91 Å². The van der Waals surface area contributed by atoms with Crippen molar-refractivity contribution in [2.75, 3.05) is 36.8 Å². The van der Waals surface area contributed by atoms with Gasteiger partial charge in [-0.2, -0.15) is 13.2 Å². The first-order valence-electron chi connectivity index (χ1n) is 9.31. The van der Waals surface area contributed by atoms with Crippen molar-refractivity contribution in [2.24, 2.45) is 0 Å². The molecule has 0 N–H and O–H groups in total. The molecule has 172 valence electrons. The maximum absolute atomic E-state index is 12.7. The van der Waals surface area contributed by atoms with E-state index in [4.69, 9.17) is 0 Å². The maximum atomic E-state index is 12.7. The zero-order chi connectivity index (χ0) is 23.5. The zero-order valence-electron chi connectivity index (χ0n) is 16.5. The smallest absolute Gasteiger partial charge is 0.368 e. The summed E-state index contributed by atoms with van der Waals surface area (Å²) in [7, 11) is -5.63. The average Bonchev–Trinajstić information content (AvgIpc) is 2.78. The van der Waals surface area contributed by atoms with Gasteiger partial charge in [-0.15, -0.1) is 0 Å². The van der Waals surface area contributed by atoms with Crippen LogP contribution in [-0.4, -0.2) is 61.6 Å². The van der Waals surface area contributed by atoms with E-state index in [2.05, 4.69) is 4.90 Å². The number of halogens is 3. The molecule has 0 radical (unpaired) electrons. The number of carbonyl (C=O) groups is 1. The molecule has 1 heterocycles. The van der Waals surface area contributed by atoms with Crippen molar-refractivity contribution in [1.82, 2.24) is 4.90 Å². The number of piperazine rings is 1. The van der Waals surface area contributed by atoms with Crippen molar-refractivity contribution in [3.05, 3.63) is 58.6 Å². The Morgan fingerprint density at radius 3 is 2.22 bits per heavy atom. The van der Waals surface area contributed by atoms with Crippen LogP contribution in [0.4, 0.5) is 24.5 Å². The number of anilines is 1. The molecule has 0 aliphatic carbocycles. The van der Waals surface area contributed by atoms with E-state index < -0.39 is 59.2 Å². The largest absolute Gasteiger partial charge is 0.475 e. The van der Waals surface area contributed by atoms with Crippen LogP contribution in [0.5, 0.6) is 0 Å². The molecule has 2 atom stereocenters.